The molecule has 6 heteroatoms. The fourth-order valence-electron chi connectivity index (χ4n) is 2.17. The predicted molar refractivity (Wildman–Crippen MR) is 95.9 cm³/mol. The summed E-state index contributed by atoms with van der Waals surface area (Å²) in [5.41, 5.74) is 0.994. The van der Waals surface area contributed by atoms with E-state index in [2.05, 4.69) is 22.2 Å². The fraction of sp³-hybridized carbons (Fsp3) is 0.471. The van der Waals surface area contributed by atoms with Gasteiger partial charge >= 0.3 is 0 Å². The van der Waals surface area contributed by atoms with Crippen molar-refractivity contribution in [2.24, 2.45) is 5.10 Å². The number of aromatic amines is 1. The van der Waals surface area contributed by atoms with Gasteiger partial charge in [-0.25, -0.2) is 0 Å². The molecule has 1 aromatic heterocycles. The highest BCUT2D eigenvalue weighted by Crippen LogP contribution is 2.12. The largest absolute Gasteiger partial charge is 0.494 e. The Morgan fingerprint density at radius 3 is 2.70 bits per heavy atom. The van der Waals surface area contributed by atoms with Crippen LogP contribution >= 0.6 is 12.2 Å². The lowest BCUT2D eigenvalue weighted by Crippen LogP contribution is -1.98. The van der Waals surface area contributed by atoms with E-state index in [9.17, 15) is 0 Å². The summed E-state index contributed by atoms with van der Waals surface area (Å²) in [5, 5.41) is 11.3. The van der Waals surface area contributed by atoms with E-state index in [1.54, 1.807) is 10.9 Å². The van der Waals surface area contributed by atoms with Crippen LogP contribution < -0.4 is 4.74 Å². The second kappa shape index (κ2) is 9.25. The zero-order chi connectivity index (χ0) is 16.5. The first-order valence-corrected chi connectivity index (χ1v) is 8.59. The normalized spacial score (nSPS) is 11.2. The number of hydrogen-bond acceptors (Lipinski definition) is 4. The van der Waals surface area contributed by atoms with E-state index in [1.165, 1.54) is 19.3 Å². The van der Waals surface area contributed by atoms with Crippen LogP contribution in [0, 0.1) is 4.77 Å². The maximum atomic E-state index is 5.73. The number of benzene rings is 1. The Morgan fingerprint density at radius 2 is 2.00 bits per heavy atom. The molecule has 0 unspecified atom stereocenters. The topological polar surface area (TPSA) is 55.2 Å². The van der Waals surface area contributed by atoms with Crippen LogP contribution in [-0.2, 0) is 6.42 Å². The molecular formula is C17H24N4OS. The SMILES string of the molecule is CCCCCCOc1ccc(/C=N\n2c(CC)n[nH]c2=S)cc1. The van der Waals surface area contributed by atoms with E-state index in [-0.39, 0.29) is 0 Å². The number of aromatic nitrogens is 3. The summed E-state index contributed by atoms with van der Waals surface area (Å²) >= 11 is 5.16. The monoisotopic (exact) mass is 332 g/mol. The summed E-state index contributed by atoms with van der Waals surface area (Å²) in [7, 11) is 0. The molecule has 0 aliphatic rings. The Balaban J connectivity index is 1.91. The second-order valence-corrected chi connectivity index (χ2v) is 5.72. The lowest BCUT2D eigenvalue weighted by atomic mass is 10.2. The molecule has 0 amide bonds. The van der Waals surface area contributed by atoms with Crippen molar-refractivity contribution in [3.63, 3.8) is 0 Å². The van der Waals surface area contributed by atoms with Crippen molar-refractivity contribution in [1.82, 2.24) is 14.9 Å². The van der Waals surface area contributed by atoms with Crippen molar-refractivity contribution in [3.8, 4) is 5.75 Å². The molecule has 1 aromatic carbocycles. The van der Waals surface area contributed by atoms with E-state index < -0.39 is 0 Å². The van der Waals surface area contributed by atoms with E-state index in [0.717, 1.165) is 36.6 Å². The molecule has 23 heavy (non-hydrogen) atoms. The van der Waals surface area contributed by atoms with Crippen molar-refractivity contribution >= 4 is 18.4 Å². The van der Waals surface area contributed by atoms with Crippen LogP contribution in [0.3, 0.4) is 0 Å². The van der Waals surface area contributed by atoms with Gasteiger partial charge in [-0.1, -0.05) is 33.1 Å². The number of unbranched alkanes of at least 4 members (excludes halogenated alkanes) is 3. The van der Waals surface area contributed by atoms with Gasteiger partial charge in [-0.3, -0.25) is 5.10 Å². The molecule has 0 atom stereocenters. The minimum Gasteiger partial charge on any atom is -0.494 e. The molecule has 0 saturated carbocycles. The van der Waals surface area contributed by atoms with Gasteiger partial charge in [-0.2, -0.15) is 14.9 Å². The van der Waals surface area contributed by atoms with Gasteiger partial charge in [-0.15, -0.1) is 0 Å². The number of nitrogens with zero attached hydrogens (tertiary/aromatic N) is 3. The highest BCUT2D eigenvalue weighted by atomic mass is 32.1. The van der Waals surface area contributed by atoms with Gasteiger partial charge < -0.3 is 4.74 Å². The Bertz CT molecular complexity index is 673. The maximum absolute atomic E-state index is 5.73. The van der Waals surface area contributed by atoms with Crippen LogP contribution in [0.5, 0.6) is 5.75 Å². The van der Waals surface area contributed by atoms with Crippen LogP contribution in [0.2, 0.25) is 0 Å². The molecule has 0 radical (unpaired) electrons. The number of aryl methyl sites for hydroxylation is 1. The van der Waals surface area contributed by atoms with E-state index in [0.29, 0.717) is 4.77 Å². The number of ether oxygens (including phenoxy) is 1. The fourth-order valence-corrected chi connectivity index (χ4v) is 2.36. The number of rotatable bonds is 9. The first-order chi connectivity index (χ1) is 11.2. The first-order valence-electron chi connectivity index (χ1n) is 8.18. The van der Waals surface area contributed by atoms with Crippen LogP contribution in [0.4, 0.5) is 0 Å². The Hall–Kier alpha value is -1.95. The average molecular weight is 332 g/mol. The lowest BCUT2D eigenvalue weighted by Gasteiger charge is -2.06. The molecule has 124 valence electrons. The predicted octanol–water partition coefficient (Wildman–Crippen LogP) is 4.34. The average Bonchev–Trinajstić information content (AvgIpc) is 2.94. The molecule has 1 heterocycles. The van der Waals surface area contributed by atoms with Crippen molar-refractivity contribution in [2.75, 3.05) is 6.61 Å². The van der Waals surface area contributed by atoms with E-state index in [1.807, 2.05) is 31.2 Å². The third-order valence-electron chi connectivity index (χ3n) is 3.50. The second-order valence-electron chi connectivity index (χ2n) is 5.33. The van der Waals surface area contributed by atoms with Gasteiger partial charge in [-0.05, 0) is 48.5 Å². The van der Waals surface area contributed by atoms with E-state index >= 15 is 0 Å². The smallest absolute Gasteiger partial charge is 0.216 e. The van der Waals surface area contributed by atoms with Crippen molar-refractivity contribution in [2.45, 2.75) is 46.0 Å². The van der Waals surface area contributed by atoms with Crippen LogP contribution in [0.25, 0.3) is 0 Å². The van der Waals surface area contributed by atoms with Crippen molar-refractivity contribution < 1.29 is 4.74 Å². The van der Waals surface area contributed by atoms with Gasteiger partial charge in [0, 0.05) is 6.42 Å². The molecule has 0 spiro atoms. The molecule has 0 bridgehead atoms. The number of nitrogens with one attached hydrogen (secondary N) is 1. The van der Waals surface area contributed by atoms with Crippen molar-refractivity contribution in [1.29, 1.82) is 0 Å². The lowest BCUT2D eigenvalue weighted by molar-refractivity contribution is 0.305. The quantitative estimate of drug-likeness (QED) is 0.422. The zero-order valence-corrected chi connectivity index (χ0v) is 14.6. The Labute approximate surface area is 142 Å². The molecule has 0 fully saturated rings. The maximum Gasteiger partial charge on any atom is 0.216 e. The molecular weight excluding hydrogens is 308 g/mol. The van der Waals surface area contributed by atoms with Crippen LogP contribution in [-0.4, -0.2) is 27.7 Å². The highest BCUT2D eigenvalue weighted by molar-refractivity contribution is 7.71. The van der Waals surface area contributed by atoms with Crippen LogP contribution in [0.1, 0.15) is 50.9 Å². The molecule has 2 rings (SSSR count). The minimum absolute atomic E-state index is 0.505. The Morgan fingerprint density at radius 1 is 1.22 bits per heavy atom. The van der Waals surface area contributed by atoms with E-state index in [4.69, 9.17) is 17.0 Å². The van der Waals surface area contributed by atoms with Gasteiger partial charge in [0.2, 0.25) is 4.77 Å². The summed E-state index contributed by atoms with van der Waals surface area (Å²) in [6.07, 6.45) is 7.40. The van der Waals surface area contributed by atoms with Crippen molar-refractivity contribution in [3.05, 3.63) is 40.4 Å². The van der Waals surface area contributed by atoms with Gasteiger partial charge in [0.15, 0.2) is 5.82 Å². The third kappa shape index (κ3) is 5.32. The molecule has 0 saturated heterocycles. The minimum atomic E-state index is 0.505. The number of hydrogen-bond donors (Lipinski definition) is 1. The zero-order valence-electron chi connectivity index (χ0n) is 13.8. The summed E-state index contributed by atoms with van der Waals surface area (Å²) in [6, 6.07) is 7.91. The highest BCUT2D eigenvalue weighted by Gasteiger charge is 2.01. The third-order valence-corrected chi connectivity index (χ3v) is 3.77. The standard InChI is InChI=1S/C17H24N4OS/c1-3-5-6-7-12-22-15-10-8-14(9-11-15)13-18-21-16(4-2)19-20-17(21)23/h8-11,13H,3-7,12H2,1-2H3,(H,20,23)/b18-13-. The summed E-state index contributed by atoms with van der Waals surface area (Å²) in [5.74, 6) is 1.71. The summed E-state index contributed by atoms with van der Waals surface area (Å²) < 4.78 is 7.88. The Kier molecular flexibility index (Phi) is 7.00. The first kappa shape index (κ1) is 17.4. The van der Waals surface area contributed by atoms with Gasteiger partial charge in [0.1, 0.15) is 5.75 Å². The number of H-pyrrole nitrogens is 1. The molecule has 0 aliphatic heterocycles. The van der Waals surface area contributed by atoms with Gasteiger partial charge in [0.05, 0.1) is 12.8 Å². The van der Waals surface area contributed by atoms with Gasteiger partial charge in [0.25, 0.3) is 0 Å². The van der Waals surface area contributed by atoms with Crippen LogP contribution in [0.15, 0.2) is 29.4 Å². The molecule has 0 aliphatic carbocycles. The summed E-state index contributed by atoms with van der Waals surface area (Å²) in [4.78, 5) is 0. The molecule has 5 nitrogen and oxygen atoms in total. The molecule has 1 N–H and O–H groups in total. The molecule has 2 aromatic rings. The summed E-state index contributed by atoms with van der Waals surface area (Å²) in [6.45, 7) is 5.00.